The fraction of sp³-hybridized carbons (Fsp3) is 0.417. The monoisotopic (exact) mass is 396 g/mol. The van der Waals surface area contributed by atoms with E-state index in [4.69, 9.17) is 4.74 Å². The van der Waals surface area contributed by atoms with Crippen LogP contribution in [0.4, 0.5) is 0 Å². The summed E-state index contributed by atoms with van der Waals surface area (Å²) in [5.74, 6) is 0.613. The summed E-state index contributed by atoms with van der Waals surface area (Å²) >= 11 is 0. The van der Waals surface area contributed by atoms with E-state index in [0.29, 0.717) is 26.0 Å². The van der Waals surface area contributed by atoms with Crippen LogP contribution in [0.2, 0.25) is 0 Å². The summed E-state index contributed by atoms with van der Waals surface area (Å²) in [6, 6.07) is 17.1. The van der Waals surface area contributed by atoms with Crippen LogP contribution in [-0.4, -0.2) is 35.4 Å². The van der Waals surface area contributed by atoms with Gasteiger partial charge in [0.1, 0.15) is 11.8 Å². The highest BCUT2D eigenvalue weighted by molar-refractivity contribution is 5.87. The van der Waals surface area contributed by atoms with Crippen LogP contribution in [0.5, 0.6) is 5.75 Å². The molecule has 5 nitrogen and oxygen atoms in total. The van der Waals surface area contributed by atoms with Gasteiger partial charge in [-0.1, -0.05) is 48.0 Å². The lowest BCUT2D eigenvalue weighted by Gasteiger charge is -2.29. The lowest BCUT2D eigenvalue weighted by molar-refractivity contribution is -0.141. The zero-order valence-corrected chi connectivity index (χ0v) is 17.9. The van der Waals surface area contributed by atoms with Gasteiger partial charge in [0.05, 0.1) is 6.61 Å². The van der Waals surface area contributed by atoms with Crippen LogP contribution >= 0.6 is 0 Å². The highest BCUT2D eigenvalue weighted by atomic mass is 16.5. The predicted octanol–water partition coefficient (Wildman–Crippen LogP) is 4.10. The van der Waals surface area contributed by atoms with Gasteiger partial charge in [-0.05, 0) is 51.8 Å². The number of amides is 2. The largest absolute Gasteiger partial charge is 0.494 e. The number of rotatable bonds is 10. The molecule has 0 aliphatic heterocycles. The second-order valence-electron chi connectivity index (χ2n) is 7.61. The predicted molar refractivity (Wildman–Crippen MR) is 116 cm³/mol. The third kappa shape index (κ3) is 7.60. The zero-order chi connectivity index (χ0) is 21.2. The van der Waals surface area contributed by atoms with E-state index in [9.17, 15) is 9.59 Å². The van der Waals surface area contributed by atoms with Gasteiger partial charge in [0.15, 0.2) is 0 Å². The molecule has 1 N–H and O–H groups in total. The molecule has 2 aromatic rings. The number of aryl methyl sites for hydroxylation is 1. The second-order valence-corrected chi connectivity index (χ2v) is 7.61. The van der Waals surface area contributed by atoms with E-state index >= 15 is 0 Å². The summed E-state index contributed by atoms with van der Waals surface area (Å²) in [6.45, 7) is 8.50. The number of hydrogen-bond acceptors (Lipinski definition) is 3. The summed E-state index contributed by atoms with van der Waals surface area (Å²) in [6.07, 6.45) is 0.925. The van der Waals surface area contributed by atoms with E-state index in [2.05, 4.69) is 5.32 Å². The van der Waals surface area contributed by atoms with Gasteiger partial charge < -0.3 is 15.0 Å². The summed E-state index contributed by atoms with van der Waals surface area (Å²) in [7, 11) is 0. The Labute approximate surface area is 174 Å². The Balaban J connectivity index is 1.95. The van der Waals surface area contributed by atoms with Crippen LogP contribution in [-0.2, 0) is 16.1 Å². The quantitative estimate of drug-likeness (QED) is 0.615. The van der Waals surface area contributed by atoms with Gasteiger partial charge in [0.2, 0.25) is 11.8 Å². The van der Waals surface area contributed by atoms with Crippen molar-refractivity contribution in [2.45, 2.75) is 59.2 Å². The maximum atomic E-state index is 12.9. The number of benzene rings is 2. The first kappa shape index (κ1) is 22.5. The standard InChI is InChI=1S/C24H32N2O3/c1-18(2)25-24(28)20(4)26(17-21-9-6-5-7-10-21)23(27)11-8-16-29-22-14-12-19(3)13-15-22/h5-7,9-10,12-15,18,20H,8,11,16-17H2,1-4H3,(H,25,28)/t20-/m0/s1. The third-order valence-corrected chi connectivity index (χ3v) is 4.62. The number of nitrogens with one attached hydrogen (secondary N) is 1. The average molecular weight is 397 g/mol. The van der Waals surface area contributed by atoms with Gasteiger partial charge in [-0.15, -0.1) is 0 Å². The second kappa shape index (κ2) is 11.2. The SMILES string of the molecule is Cc1ccc(OCCCC(=O)N(Cc2ccccc2)[C@@H](C)C(=O)NC(C)C)cc1. The van der Waals surface area contributed by atoms with E-state index in [1.165, 1.54) is 5.56 Å². The third-order valence-electron chi connectivity index (χ3n) is 4.62. The molecule has 0 saturated carbocycles. The number of carbonyl (C=O) groups is 2. The Bertz CT molecular complexity index is 772. The fourth-order valence-electron chi connectivity index (χ4n) is 2.96. The van der Waals surface area contributed by atoms with Gasteiger partial charge in [0, 0.05) is 19.0 Å². The fourth-order valence-corrected chi connectivity index (χ4v) is 2.96. The molecule has 29 heavy (non-hydrogen) atoms. The van der Waals surface area contributed by atoms with Crippen molar-refractivity contribution < 1.29 is 14.3 Å². The Hall–Kier alpha value is -2.82. The lowest BCUT2D eigenvalue weighted by atomic mass is 10.1. The van der Waals surface area contributed by atoms with Gasteiger partial charge in [-0.2, -0.15) is 0 Å². The van der Waals surface area contributed by atoms with Crippen LogP contribution < -0.4 is 10.1 Å². The zero-order valence-electron chi connectivity index (χ0n) is 17.9. The Morgan fingerprint density at radius 3 is 2.28 bits per heavy atom. The minimum absolute atomic E-state index is 0.0292. The molecule has 156 valence electrons. The lowest BCUT2D eigenvalue weighted by Crippen LogP contribution is -2.49. The van der Waals surface area contributed by atoms with Gasteiger partial charge in [-0.25, -0.2) is 0 Å². The van der Waals surface area contributed by atoms with Crippen molar-refractivity contribution in [3.63, 3.8) is 0 Å². The van der Waals surface area contributed by atoms with Gasteiger partial charge >= 0.3 is 0 Å². The molecule has 0 radical (unpaired) electrons. The first-order chi connectivity index (χ1) is 13.9. The average Bonchev–Trinajstić information content (AvgIpc) is 2.70. The van der Waals surface area contributed by atoms with Crippen LogP contribution in [0.15, 0.2) is 54.6 Å². The molecule has 0 fully saturated rings. The summed E-state index contributed by atoms with van der Waals surface area (Å²) in [4.78, 5) is 27.1. The first-order valence-corrected chi connectivity index (χ1v) is 10.2. The molecule has 5 heteroatoms. The molecule has 1 atom stereocenters. The topological polar surface area (TPSA) is 58.6 Å². The van der Waals surface area contributed by atoms with Crippen molar-refractivity contribution in [3.05, 3.63) is 65.7 Å². The summed E-state index contributed by atoms with van der Waals surface area (Å²) < 4.78 is 5.72. The van der Waals surface area contributed by atoms with E-state index in [0.717, 1.165) is 11.3 Å². The molecule has 0 aliphatic carbocycles. The van der Waals surface area contributed by atoms with Crippen molar-refractivity contribution in [1.29, 1.82) is 0 Å². The number of ether oxygens (including phenoxy) is 1. The maximum absolute atomic E-state index is 12.9. The molecule has 0 aromatic heterocycles. The molecule has 2 aromatic carbocycles. The molecule has 0 unspecified atom stereocenters. The number of hydrogen-bond donors (Lipinski definition) is 1. The first-order valence-electron chi connectivity index (χ1n) is 10.2. The van der Waals surface area contributed by atoms with E-state index in [-0.39, 0.29) is 17.9 Å². The van der Waals surface area contributed by atoms with Crippen molar-refractivity contribution in [2.24, 2.45) is 0 Å². The highest BCUT2D eigenvalue weighted by Gasteiger charge is 2.26. The summed E-state index contributed by atoms with van der Waals surface area (Å²) in [5, 5.41) is 2.90. The molecular formula is C24H32N2O3. The van der Waals surface area contributed by atoms with E-state index in [1.54, 1.807) is 11.8 Å². The van der Waals surface area contributed by atoms with Crippen molar-refractivity contribution in [3.8, 4) is 5.75 Å². The molecule has 2 rings (SSSR count). The molecule has 0 bridgehead atoms. The molecule has 0 spiro atoms. The Morgan fingerprint density at radius 1 is 1.00 bits per heavy atom. The number of carbonyl (C=O) groups excluding carboxylic acids is 2. The van der Waals surface area contributed by atoms with Crippen LogP contribution in [0.3, 0.4) is 0 Å². The number of nitrogens with zero attached hydrogens (tertiary/aromatic N) is 1. The van der Waals surface area contributed by atoms with Crippen molar-refractivity contribution >= 4 is 11.8 Å². The van der Waals surface area contributed by atoms with Gasteiger partial charge in [-0.3, -0.25) is 9.59 Å². The Morgan fingerprint density at radius 2 is 1.66 bits per heavy atom. The highest BCUT2D eigenvalue weighted by Crippen LogP contribution is 2.14. The maximum Gasteiger partial charge on any atom is 0.242 e. The Kier molecular flexibility index (Phi) is 8.71. The van der Waals surface area contributed by atoms with Crippen LogP contribution in [0.1, 0.15) is 44.7 Å². The van der Waals surface area contributed by atoms with E-state index < -0.39 is 6.04 Å². The van der Waals surface area contributed by atoms with Crippen molar-refractivity contribution in [1.82, 2.24) is 10.2 Å². The minimum atomic E-state index is -0.539. The molecule has 0 saturated heterocycles. The molecule has 2 amide bonds. The smallest absolute Gasteiger partial charge is 0.242 e. The molecule has 0 aliphatic rings. The van der Waals surface area contributed by atoms with Crippen molar-refractivity contribution in [2.75, 3.05) is 6.61 Å². The summed E-state index contributed by atoms with van der Waals surface area (Å²) in [5.41, 5.74) is 2.18. The van der Waals surface area contributed by atoms with Crippen LogP contribution in [0, 0.1) is 6.92 Å². The van der Waals surface area contributed by atoms with Crippen LogP contribution in [0.25, 0.3) is 0 Å². The normalized spacial score (nSPS) is 11.8. The molecule has 0 heterocycles. The van der Waals surface area contributed by atoms with E-state index in [1.807, 2.05) is 75.4 Å². The molecular weight excluding hydrogens is 364 g/mol. The minimum Gasteiger partial charge on any atom is -0.494 e. The van der Waals surface area contributed by atoms with Gasteiger partial charge in [0.25, 0.3) is 0 Å².